The Morgan fingerprint density at radius 1 is 0.939 bits per heavy atom. The zero-order chi connectivity index (χ0) is 25.5. The summed E-state index contributed by atoms with van der Waals surface area (Å²) in [4.78, 5) is 51.6. The standard InChI is InChI=1S/C19H23I3N2O9/c1-8(28)24(19(33)11(31)7-27)17-15(21)12(10(30)3-2-4-25)14(20)13(16(17)22)18(32)23-5-9(29)6-26/h9,11,25-27,29,31H,2-7H2,1H3,(H,23,32). The first-order chi connectivity index (χ1) is 15.4. The molecule has 1 aromatic carbocycles. The molecule has 0 fully saturated rings. The van der Waals surface area contributed by atoms with Gasteiger partial charge in [0.05, 0.1) is 37.7 Å². The van der Waals surface area contributed by atoms with Crippen molar-refractivity contribution in [1.82, 2.24) is 5.32 Å². The number of nitrogens with one attached hydrogen (secondary N) is 1. The summed E-state index contributed by atoms with van der Waals surface area (Å²) in [6.07, 6.45) is -3.06. The highest BCUT2D eigenvalue weighted by Crippen LogP contribution is 2.39. The fourth-order valence-electron chi connectivity index (χ4n) is 2.67. The van der Waals surface area contributed by atoms with Crippen LogP contribution in [0.5, 0.6) is 0 Å². The summed E-state index contributed by atoms with van der Waals surface area (Å²) in [6, 6.07) is 0. The predicted molar refractivity (Wildman–Crippen MR) is 142 cm³/mol. The number of halogens is 3. The second-order valence-corrected chi connectivity index (χ2v) is 9.96. The average molecular weight is 804 g/mol. The third-order valence-corrected chi connectivity index (χ3v) is 7.47. The van der Waals surface area contributed by atoms with Crippen LogP contribution in [0.1, 0.15) is 40.5 Å². The number of benzene rings is 1. The van der Waals surface area contributed by atoms with Crippen molar-refractivity contribution in [3.8, 4) is 0 Å². The lowest BCUT2D eigenvalue weighted by atomic mass is 10.0. The molecule has 0 heterocycles. The summed E-state index contributed by atoms with van der Waals surface area (Å²) in [5.74, 6) is -3.14. The van der Waals surface area contributed by atoms with E-state index in [4.69, 9.17) is 10.2 Å². The molecule has 6 N–H and O–H groups in total. The first kappa shape index (κ1) is 30.5. The van der Waals surface area contributed by atoms with Crippen molar-refractivity contribution < 1.29 is 44.7 Å². The number of anilines is 1. The quantitative estimate of drug-likeness (QED) is 0.130. The molecule has 0 saturated carbocycles. The van der Waals surface area contributed by atoms with E-state index in [2.05, 4.69) is 5.32 Å². The van der Waals surface area contributed by atoms with Crippen molar-refractivity contribution in [2.45, 2.75) is 32.0 Å². The molecule has 0 bridgehead atoms. The molecule has 2 unspecified atom stereocenters. The number of carbonyl (C=O) groups excluding carboxylic acids is 4. The van der Waals surface area contributed by atoms with Gasteiger partial charge in [0.1, 0.15) is 0 Å². The Labute approximate surface area is 230 Å². The van der Waals surface area contributed by atoms with E-state index < -0.39 is 48.9 Å². The highest BCUT2D eigenvalue weighted by molar-refractivity contribution is 14.1. The second-order valence-electron chi connectivity index (χ2n) is 6.73. The lowest BCUT2D eigenvalue weighted by Crippen LogP contribution is -2.45. The topological polar surface area (TPSA) is 185 Å². The molecule has 11 nitrogen and oxygen atoms in total. The summed E-state index contributed by atoms with van der Waals surface area (Å²) in [5, 5.41) is 49.1. The molecule has 2 atom stereocenters. The predicted octanol–water partition coefficient (Wildman–Crippen LogP) is -0.229. The molecule has 3 amide bonds. The monoisotopic (exact) mass is 804 g/mol. The van der Waals surface area contributed by atoms with E-state index in [-0.39, 0.29) is 53.5 Å². The van der Waals surface area contributed by atoms with E-state index in [1.54, 1.807) is 67.8 Å². The van der Waals surface area contributed by atoms with Gasteiger partial charge in [-0.25, -0.2) is 4.90 Å². The molecule has 0 aliphatic heterocycles. The summed E-state index contributed by atoms with van der Waals surface area (Å²) < 4.78 is 0.512. The lowest BCUT2D eigenvalue weighted by Gasteiger charge is -2.27. The number of nitrogens with zero attached hydrogens (tertiary/aromatic N) is 1. The van der Waals surface area contributed by atoms with E-state index in [1.807, 2.05) is 0 Å². The maximum absolute atomic E-state index is 13.0. The molecule has 0 radical (unpaired) electrons. The summed E-state index contributed by atoms with van der Waals surface area (Å²) in [5.41, 5.74) is -0.117. The molecule has 1 aromatic rings. The van der Waals surface area contributed by atoms with Crippen LogP contribution >= 0.6 is 67.8 Å². The Kier molecular flexibility index (Phi) is 13.1. The van der Waals surface area contributed by atoms with Gasteiger partial charge in [-0.2, -0.15) is 0 Å². The Morgan fingerprint density at radius 2 is 1.52 bits per heavy atom. The van der Waals surface area contributed by atoms with Gasteiger partial charge in [0.25, 0.3) is 11.8 Å². The van der Waals surface area contributed by atoms with Crippen LogP contribution in [0.15, 0.2) is 0 Å². The number of imide groups is 1. The average Bonchev–Trinajstić information content (AvgIpc) is 2.77. The van der Waals surface area contributed by atoms with Crippen LogP contribution < -0.4 is 10.2 Å². The van der Waals surface area contributed by atoms with Gasteiger partial charge in [0.15, 0.2) is 11.9 Å². The van der Waals surface area contributed by atoms with Crippen LogP contribution in [-0.4, -0.2) is 87.6 Å². The van der Waals surface area contributed by atoms with E-state index in [9.17, 15) is 34.5 Å². The first-order valence-electron chi connectivity index (χ1n) is 9.49. The van der Waals surface area contributed by atoms with Crippen molar-refractivity contribution >= 4 is 97.0 Å². The van der Waals surface area contributed by atoms with E-state index in [0.717, 1.165) is 6.92 Å². The van der Waals surface area contributed by atoms with Gasteiger partial charge in [-0.15, -0.1) is 0 Å². The van der Waals surface area contributed by atoms with Crippen molar-refractivity contribution in [3.05, 3.63) is 21.8 Å². The Bertz CT molecular complexity index is 927. The number of rotatable bonds is 11. The summed E-state index contributed by atoms with van der Waals surface area (Å²) >= 11 is 5.30. The van der Waals surface area contributed by atoms with Gasteiger partial charge < -0.3 is 30.8 Å². The fraction of sp³-hybridized carbons (Fsp3) is 0.474. The van der Waals surface area contributed by atoms with Crippen LogP contribution in [-0.2, 0) is 9.59 Å². The molecule has 184 valence electrons. The van der Waals surface area contributed by atoms with E-state index in [1.165, 1.54) is 0 Å². The number of Topliss-reactive ketones (excluding diaryl/α,β-unsaturated/α-hetero) is 1. The molecule has 33 heavy (non-hydrogen) atoms. The van der Waals surface area contributed by atoms with Crippen LogP contribution in [0.4, 0.5) is 5.69 Å². The van der Waals surface area contributed by atoms with Crippen molar-refractivity contribution in [3.63, 3.8) is 0 Å². The normalized spacial score (nSPS) is 12.8. The first-order valence-corrected chi connectivity index (χ1v) is 12.7. The number of carbonyl (C=O) groups is 4. The van der Waals surface area contributed by atoms with Gasteiger partial charge >= 0.3 is 0 Å². The zero-order valence-corrected chi connectivity index (χ0v) is 23.8. The lowest BCUT2D eigenvalue weighted by molar-refractivity contribution is -0.132. The zero-order valence-electron chi connectivity index (χ0n) is 17.3. The molecular formula is C19H23I3N2O9. The highest BCUT2D eigenvalue weighted by atomic mass is 127. The van der Waals surface area contributed by atoms with Gasteiger partial charge in [-0.1, -0.05) is 0 Å². The summed E-state index contributed by atoms with van der Waals surface area (Å²) in [6.45, 7) is -1.03. The SMILES string of the molecule is CC(=O)N(C(=O)C(O)CO)c1c(I)c(C(=O)CCCO)c(I)c(C(=O)NCC(O)CO)c1I. The number of hydrogen-bond donors (Lipinski definition) is 6. The van der Waals surface area contributed by atoms with Crippen LogP contribution in [0, 0.1) is 10.7 Å². The number of amides is 3. The molecule has 14 heteroatoms. The Balaban J connectivity index is 3.86. The second kappa shape index (κ2) is 14.1. The fourth-order valence-corrected chi connectivity index (χ4v) is 7.41. The van der Waals surface area contributed by atoms with Gasteiger partial charge in [0, 0.05) is 35.6 Å². The van der Waals surface area contributed by atoms with Crippen LogP contribution in [0.3, 0.4) is 0 Å². The maximum Gasteiger partial charge on any atom is 0.265 e. The minimum Gasteiger partial charge on any atom is -0.396 e. The van der Waals surface area contributed by atoms with Crippen LogP contribution in [0.2, 0.25) is 0 Å². The van der Waals surface area contributed by atoms with Gasteiger partial charge in [0.2, 0.25) is 5.91 Å². The molecular weight excluding hydrogens is 781 g/mol. The molecule has 1 rings (SSSR count). The highest BCUT2D eigenvalue weighted by Gasteiger charge is 2.35. The van der Waals surface area contributed by atoms with Gasteiger partial charge in [-0.05, 0) is 74.2 Å². The van der Waals surface area contributed by atoms with E-state index >= 15 is 0 Å². The number of aliphatic hydroxyl groups excluding tert-OH is 5. The molecule has 0 aliphatic rings. The Morgan fingerprint density at radius 3 is 2.00 bits per heavy atom. The maximum atomic E-state index is 13.0. The molecule has 0 aliphatic carbocycles. The van der Waals surface area contributed by atoms with Crippen LogP contribution in [0.25, 0.3) is 0 Å². The Hall–Kier alpha value is -0.510. The largest absolute Gasteiger partial charge is 0.396 e. The minimum atomic E-state index is -1.91. The molecule has 0 spiro atoms. The number of hydrogen-bond acceptors (Lipinski definition) is 9. The molecule has 0 aromatic heterocycles. The van der Waals surface area contributed by atoms with Gasteiger partial charge in [-0.3, -0.25) is 19.2 Å². The number of aliphatic hydroxyl groups is 5. The van der Waals surface area contributed by atoms with Crippen molar-refractivity contribution in [2.24, 2.45) is 0 Å². The smallest absolute Gasteiger partial charge is 0.265 e. The molecule has 0 saturated heterocycles. The third kappa shape index (κ3) is 7.48. The number of ketones is 1. The van der Waals surface area contributed by atoms with Crippen molar-refractivity contribution in [2.75, 3.05) is 31.3 Å². The van der Waals surface area contributed by atoms with Crippen molar-refractivity contribution in [1.29, 1.82) is 0 Å². The summed E-state index contributed by atoms with van der Waals surface area (Å²) in [7, 11) is 0. The van der Waals surface area contributed by atoms with E-state index in [0.29, 0.717) is 4.90 Å². The minimum absolute atomic E-state index is 0.0467. The third-order valence-electron chi connectivity index (χ3n) is 4.29.